The highest BCUT2D eigenvalue weighted by molar-refractivity contribution is 7.07. The van der Waals surface area contributed by atoms with Gasteiger partial charge >= 0.3 is 0 Å². The molecule has 9 nitrogen and oxygen atoms in total. The molecule has 0 atom stereocenters. The third kappa shape index (κ3) is 2.91. The Kier molecular flexibility index (Phi) is 4.13. The molecule has 10 heteroatoms. The van der Waals surface area contributed by atoms with Crippen LogP contribution in [0.25, 0.3) is 0 Å². The minimum Gasteiger partial charge on any atom is -0.327 e. The lowest BCUT2D eigenvalue weighted by Gasteiger charge is -2.03. The third-order valence-electron chi connectivity index (χ3n) is 2.96. The summed E-state index contributed by atoms with van der Waals surface area (Å²) in [6.45, 7) is 1.36. The molecule has 0 bridgehead atoms. The Labute approximate surface area is 127 Å². The molecule has 114 valence electrons. The summed E-state index contributed by atoms with van der Waals surface area (Å²) < 4.78 is 1.60. The van der Waals surface area contributed by atoms with Gasteiger partial charge in [0.2, 0.25) is 0 Å². The molecule has 0 aliphatic carbocycles. The van der Waals surface area contributed by atoms with Crippen molar-refractivity contribution < 1.29 is 14.6 Å². The van der Waals surface area contributed by atoms with Crippen LogP contribution in [0.5, 0.6) is 0 Å². The second-order valence-corrected chi connectivity index (χ2v) is 5.24. The third-order valence-corrected chi connectivity index (χ3v) is 3.81. The van der Waals surface area contributed by atoms with Crippen molar-refractivity contribution in [1.29, 1.82) is 0 Å². The quantitative estimate of drug-likeness (QED) is 0.631. The number of carbonyl (C=O) groups excluding carboxylic acids is 1. The molecule has 0 unspecified atom stereocenters. The number of hydrogen-bond donors (Lipinski definition) is 0. The van der Waals surface area contributed by atoms with Crippen molar-refractivity contribution in [2.75, 3.05) is 0 Å². The summed E-state index contributed by atoms with van der Waals surface area (Å²) in [5, 5.41) is 23.6. The molecule has 1 heterocycles. The lowest BCUT2D eigenvalue weighted by Crippen LogP contribution is -2.13. The molecule has 0 saturated carbocycles. The minimum absolute atomic E-state index is 0.0450. The van der Waals surface area contributed by atoms with Crippen molar-refractivity contribution >= 4 is 28.6 Å². The number of rotatable bonds is 3. The Morgan fingerprint density at radius 2 is 1.95 bits per heavy atom. The topological polar surface area (TPSA) is 121 Å². The Balaban J connectivity index is 2.64. The average molecular weight is 322 g/mol. The predicted octanol–water partition coefficient (Wildman–Crippen LogP) is 1.95. The highest BCUT2D eigenvalue weighted by Gasteiger charge is 2.24. The number of amides is 1. The number of thiazole rings is 1. The van der Waals surface area contributed by atoms with Crippen LogP contribution < -0.4 is 4.80 Å². The average Bonchev–Trinajstić information content (AvgIpc) is 2.83. The van der Waals surface area contributed by atoms with E-state index in [1.807, 2.05) is 0 Å². The monoisotopic (exact) mass is 322 g/mol. The number of aromatic nitrogens is 1. The lowest BCUT2D eigenvalue weighted by molar-refractivity contribution is -0.394. The zero-order chi connectivity index (χ0) is 16.4. The first-order valence-electron chi connectivity index (χ1n) is 5.94. The van der Waals surface area contributed by atoms with Gasteiger partial charge in [0.1, 0.15) is 0 Å². The van der Waals surface area contributed by atoms with Gasteiger partial charge in [0.25, 0.3) is 17.3 Å². The fraction of sp³-hybridized carbons (Fsp3) is 0.167. The lowest BCUT2D eigenvalue weighted by atomic mass is 10.1. The highest BCUT2D eigenvalue weighted by Crippen LogP contribution is 2.28. The summed E-state index contributed by atoms with van der Waals surface area (Å²) in [7, 11) is 1.69. The molecule has 0 aliphatic heterocycles. The molecule has 2 rings (SSSR count). The number of nitro benzene ring substituents is 2. The molecule has 0 saturated heterocycles. The molecule has 2 aromatic rings. The summed E-state index contributed by atoms with van der Waals surface area (Å²) in [4.78, 5) is 36.8. The van der Waals surface area contributed by atoms with Gasteiger partial charge < -0.3 is 4.57 Å². The van der Waals surface area contributed by atoms with E-state index in [0.29, 0.717) is 4.80 Å². The van der Waals surface area contributed by atoms with E-state index in [9.17, 15) is 25.0 Å². The van der Waals surface area contributed by atoms with Gasteiger partial charge in [-0.2, -0.15) is 4.99 Å². The maximum Gasteiger partial charge on any atom is 0.280 e. The molecular formula is C12H10N4O5S. The fourth-order valence-corrected chi connectivity index (χ4v) is 2.51. The van der Waals surface area contributed by atoms with E-state index in [-0.39, 0.29) is 11.1 Å². The number of nitro groups is 2. The number of hydrogen-bond acceptors (Lipinski definition) is 6. The van der Waals surface area contributed by atoms with Crippen molar-refractivity contribution in [3.63, 3.8) is 0 Å². The van der Waals surface area contributed by atoms with E-state index in [1.165, 1.54) is 18.3 Å². The van der Waals surface area contributed by atoms with Crippen LogP contribution in [0.2, 0.25) is 0 Å². The Morgan fingerprint density at radius 1 is 1.27 bits per heavy atom. The second kappa shape index (κ2) is 5.85. The van der Waals surface area contributed by atoms with E-state index >= 15 is 0 Å². The van der Waals surface area contributed by atoms with Gasteiger partial charge in [-0.05, 0) is 6.92 Å². The van der Waals surface area contributed by atoms with Gasteiger partial charge in [-0.3, -0.25) is 25.0 Å². The minimum atomic E-state index is -0.783. The van der Waals surface area contributed by atoms with Gasteiger partial charge in [-0.15, -0.1) is 11.3 Å². The summed E-state index contributed by atoms with van der Waals surface area (Å²) in [6, 6.07) is 1.83. The summed E-state index contributed by atoms with van der Waals surface area (Å²) in [5.41, 5.74) is -1.12. The van der Waals surface area contributed by atoms with Crippen LogP contribution in [0, 0.1) is 27.2 Å². The molecule has 0 radical (unpaired) electrons. The summed E-state index contributed by atoms with van der Waals surface area (Å²) in [5.74, 6) is -0.762. The van der Waals surface area contributed by atoms with E-state index in [2.05, 4.69) is 4.99 Å². The van der Waals surface area contributed by atoms with Crippen LogP contribution >= 0.6 is 11.3 Å². The first-order valence-corrected chi connectivity index (χ1v) is 6.82. The maximum atomic E-state index is 12.2. The van der Waals surface area contributed by atoms with E-state index in [0.717, 1.165) is 12.1 Å². The van der Waals surface area contributed by atoms with Crippen molar-refractivity contribution in [3.8, 4) is 0 Å². The number of benzene rings is 1. The Bertz CT molecular complexity index is 851. The van der Waals surface area contributed by atoms with Crippen LogP contribution in [0.15, 0.2) is 28.7 Å². The van der Waals surface area contributed by atoms with Crippen LogP contribution in [0.1, 0.15) is 15.9 Å². The van der Waals surface area contributed by atoms with Gasteiger partial charge in [-0.25, -0.2) is 0 Å². The zero-order valence-electron chi connectivity index (χ0n) is 11.5. The number of carbonyl (C=O) groups is 1. The molecule has 0 fully saturated rings. The summed E-state index contributed by atoms with van der Waals surface area (Å²) >= 11 is 1.21. The zero-order valence-corrected chi connectivity index (χ0v) is 12.4. The fourth-order valence-electron chi connectivity index (χ4n) is 1.78. The molecule has 0 spiro atoms. The second-order valence-electron chi connectivity index (χ2n) is 4.37. The Hall–Kier alpha value is -2.88. The summed E-state index contributed by atoms with van der Waals surface area (Å²) in [6.07, 6.45) is 1.69. The van der Waals surface area contributed by atoms with Gasteiger partial charge in [0, 0.05) is 30.3 Å². The van der Waals surface area contributed by atoms with E-state index in [4.69, 9.17) is 0 Å². The molecule has 22 heavy (non-hydrogen) atoms. The van der Waals surface area contributed by atoms with Crippen LogP contribution in [0.3, 0.4) is 0 Å². The standard InChI is InChI=1S/C12H10N4O5S/c1-7-9(11(17)13-12-14(2)3-4-22-12)5-8(15(18)19)6-10(7)16(20)21/h3-6H,1-2H3. The normalized spacial score (nSPS) is 11.5. The van der Waals surface area contributed by atoms with Crippen LogP contribution in [-0.2, 0) is 7.05 Å². The molecule has 1 aromatic carbocycles. The molecule has 0 aliphatic rings. The van der Waals surface area contributed by atoms with Crippen molar-refractivity contribution in [2.24, 2.45) is 12.0 Å². The Morgan fingerprint density at radius 3 is 2.45 bits per heavy atom. The van der Waals surface area contributed by atoms with Crippen molar-refractivity contribution in [3.05, 3.63) is 59.9 Å². The maximum absolute atomic E-state index is 12.2. The SMILES string of the molecule is Cc1c(C(=O)N=c2sccn2C)cc([N+](=O)[O-])cc1[N+](=O)[O-]. The van der Waals surface area contributed by atoms with E-state index < -0.39 is 27.1 Å². The molecule has 1 amide bonds. The van der Waals surface area contributed by atoms with Crippen molar-refractivity contribution in [1.82, 2.24) is 4.57 Å². The predicted molar refractivity (Wildman–Crippen MR) is 77.7 cm³/mol. The first kappa shape index (κ1) is 15.5. The number of nitrogens with zero attached hydrogens (tertiary/aromatic N) is 4. The first-order chi connectivity index (χ1) is 10.3. The largest absolute Gasteiger partial charge is 0.327 e. The number of non-ortho nitro benzene ring substituents is 1. The van der Waals surface area contributed by atoms with Gasteiger partial charge in [0.05, 0.1) is 21.5 Å². The number of aryl methyl sites for hydroxylation is 1. The molecule has 0 N–H and O–H groups in total. The van der Waals surface area contributed by atoms with Crippen LogP contribution in [-0.4, -0.2) is 20.3 Å². The molecule has 1 aromatic heterocycles. The van der Waals surface area contributed by atoms with Crippen LogP contribution in [0.4, 0.5) is 11.4 Å². The van der Waals surface area contributed by atoms with E-state index in [1.54, 1.807) is 23.2 Å². The smallest absolute Gasteiger partial charge is 0.280 e. The van der Waals surface area contributed by atoms with Gasteiger partial charge in [-0.1, -0.05) is 0 Å². The van der Waals surface area contributed by atoms with Gasteiger partial charge in [0.15, 0.2) is 4.80 Å². The van der Waals surface area contributed by atoms with Crippen molar-refractivity contribution in [2.45, 2.75) is 6.92 Å². The highest BCUT2D eigenvalue weighted by atomic mass is 32.1. The molecular weight excluding hydrogens is 312 g/mol.